The number of sulfonamides is 1. The molecule has 9 heteroatoms. The zero-order valence-electron chi connectivity index (χ0n) is 16.1. The number of methoxy groups -OCH3 is 1. The summed E-state index contributed by atoms with van der Waals surface area (Å²) in [4.78, 5) is 0.0409. The van der Waals surface area contributed by atoms with Crippen LogP contribution < -0.4 is 9.88 Å². The van der Waals surface area contributed by atoms with Crippen molar-refractivity contribution in [2.75, 3.05) is 7.11 Å². The van der Waals surface area contributed by atoms with Crippen LogP contribution in [0.2, 0.25) is 0 Å². The first-order valence-corrected chi connectivity index (χ1v) is 10.7. The molecule has 0 aliphatic rings. The minimum atomic E-state index is -3.76. The molecular weight excluding hydrogens is 407 g/mol. The fourth-order valence-electron chi connectivity index (χ4n) is 3.44. The van der Waals surface area contributed by atoms with Gasteiger partial charge in [-0.25, -0.2) is 17.9 Å². The molecule has 154 valence electrons. The number of ether oxygens (including phenoxy) is 1. The van der Waals surface area contributed by atoms with E-state index in [1.54, 1.807) is 30.6 Å². The molecule has 4 aromatic rings. The van der Waals surface area contributed by atoms with E-state index >= 15 is 0 Å². The average molecular weight is 426 g/mol. The molecule has 0 fully saturated rings. The van der Waals surface area contributed by atoms with Crippen molar-refractivity contribution in [3.05, 3.63) is 78.0 Å². The number of fused-ring (bicyclic) bond motifs is 1. The van der Waals surface area contributed by atoms with Crippen molar-refractivity contribution in [2.24, 2.45) is 5.14 Å². The minimum absolute atomic E-state index is 0.0409. The molecule has 0 saturated heterocycles. The maximum atomic E-state index is 14.2. The van der Waals surface area contributed by atoms with Crippen LogP contribution in [0.4, 0.5) is 4.39 Å². The van der Waals surface area contributed by atoms with E-state index in [0.717, 1.165) is 16.8 Å². The first-order chi connectivity index (χ1) is 14.4. The van der Waals surface area contributed by atoms with Gasteiger partial charge in [-0.05, 0) is 54.8 Å². The highest BCUT2D eigenvalue weighted by Gasteiger charge is 2.14. The first-order valence-electron chi connectivity index (χ1n) is 9.14. The third-order valence-electron chi connectivity index (χ3n) is 4.96. The molecule has 0 spiro atoms. The van der Waals surface area contributed by atoms with E-state index in [4.69, 9.17) is 9.88 Å². The molecule has 0 unspecified atom stereocenters. The van der Waals surface area contributed by atoms with Crippen molar-refractivity contribution < 1.29 is 17.5 Å². The molecule has 0 aliphatic carbocycles. The van der Waals surface area contributed by atoms with Crippen molar-refractivity contribution in [1.29, 1.82) is 0 Å². The molecule has 0 atom stereocenters. The summed E-state index contributed by atoms with van der Waals surface area (Å²) in [5.41, 5.74) is 3.62. The third kappa shape index (κ3) is 3.77. The minimum Gasteiger partial charge on any atom is -0.496 e. The van der Waals surface area contributed by atoms with Gasteiger partial charge in [0, 0.05) is 16.8 Å². The standard InChI is InChI=1S/C21H19FN4O3S/c1-29-20-4-2-3-19(22)18(20)12-8-15-7-11-17(21-25-24-13-26(15)21)14-5-9-16(10-6-14)30(23,27)28/h2-7,9-11,13H,8,12H2,1H3,(H2,23,27,28). The van der Waals surface area contributed by atoms with Crippen LogP contribution in [0.3, 0.4) is 0 Å². The second kappa shape index (κ2) is 7.85. The molecule has 2 aromatic heterocycles. The topological polar surface area (TPSA) is 99.6 Å². The summed E-state index contributed by atoms with van der Waals surface area (Å²) in [7, 11) is -2.24. The van der Waals surface area contributed by atoms with Crippen LogP contribution in [0.5, 0.6) is 5.75 Å². The van der Waals surface area contributed by atoms with Crippen molar-refractivity contribution in [1.82, 2.24) is 14.6 Å². The molecule has 0 saturated carbocycles. The number of benzene rings is 2. The summed E-state index contributed by atoms with van der Waals surface area (Å²) in [5.74, 6) is 0.211. The van der Waals surface area contributed by atoms with Gasteiger partial charge in [0.2, 0.25) is 10.0 Å². The Bertz CT molecular complexity index is 1320. The van der Waals surface area contributed by atoms with Crippen LogP contribution >= 0.6 is 0 Å². The molecule has 0 aliphatic heterocycles. The van der Waals surface area contributed by atoms with Crippen LogP contribution in [0.25, 0.3) is 16.8 Å². The maximum Gasteiger partial charge on any atom is 0.238 e. The number of aryl methyl sites for hydroxylation is 1. The lowest BCUT2D eigenvalue weighted by Crippen LogP contribution is -2.11. The van der Waals surface area contributed by atoms with Crippen molar-refractivity contribution in [3.8, 4) is 16.9 Å². The van der Waals surface area contributed by atoms with Gasteiger partial charge in [-0.2, -0.15) is 0 Å². The zero-order chi connectivity index (χ0) is 21.3. The smallest absolute Gasteiger partial charge is 0.238 e. The van der Waals surface area contributed by atoms with Gasteiger partial charge in [-0.15, -0.1) is 10.2 Å². The summed E-state index contributed by atoms with van der Waals surface area (Å²) in [6.07, 6.45) is 2.60. The highest BCUT2D eigenvalue weighted by Crippen LogP contribution is 2.27. The first kappa shape index (κ1) is 20.0. The Labute approximate surface area is 173 Å². The van der Waals surface area contributed by atoms with E-state index in [0.29, 0.717) is 29.8 Å². The number of aromatic nitrogens is 3. The van der Waals surface area contributed by atoms with E-state index in [-0.39, 0.29) is 10.7 Å². The number of nitrogens with two attached hydrogens (primary N) is 1. The molecule has 4 rings (SSSR count). The average Bonchev–Trinajstić information content (AvgIpc) is 3.22. The molecule has 0 radical (unpaired) electrons. The zero-order valence-corrected chi connectivity index (χ0v) is 16.9. The van der Waals surface area contributed by atoms with Crippen LogP contribution in [0, 0.1) is 5.82 Å². The van der Waals surface area contributed by atoms with Gasteiger partial charge in [-0.3, -0.25) is 4.40 Å². The van der Waals surface area contributed by atoms with E-state index < -0.39 is 10.0 Å². The second-order valence-corrected chi connectivity index (χ2v) is 8.31. The van der Waals surface area contributed by atoms with Gasteiger partial charge in [-0.1, -0.05) is 18.2 Å². The van der Waals surface area contributed by atoms with Crippen molar-refractivity contribution in [3.63, 3.8) is 0 Å². The number of rotatable bonds is 6. The molecule has 30 heavy (non-hydrogen) atoms. The molecule has 2 aromatic carbocycles. The predicted octanol–water partition coefficient (Wildman–Crippen LogP) is 2.98. The maximum absolute atomic E-state index is 14.2. The Hall–Kier alpha value is -3.30. The number of nitrogens with zero attached hydrogens (tertiary/aromatic N) is 3. The number of hydrogen-bond acceptors (Lipinski definition) is 5. The Morgan fingerprint density at radius 1 is 1.07 bits per heavy atom. The van der Waals surface area contributed by atoms with Crippen LogP contribution in [-0.4, -0.2) is 30.1 Å². The molecule has 2 N–H and O–H groups in total. The number of hydrogen-bond donors (Lipinski definition) is 1. The number of pyridine rings is 1. The fraction of sp³-hybridized carbons (Fsp3) is 0.143. The highest BCUT2D eigenvalue weighted by atomic mass is 32.2. The van der Waals surface area contributed by atoms with E-state index in [9.17, 15) is 12.8 Å². The molecule has 7 nitrogen and oxygen atoms in total. The molecule has 0 bridgehead atoms. The lowest BCUT2D eigenvalue weighted by molar-refractivity contribution is 0.404. The van der Waals surface area contributed by atoms with Gasteiger partial charge < -0.3 is 4.74 Å². The van der Waals surface area contributed by atoms with Gasteiger partial charge in [0.15, 0.2) is 5.65 Å². The van der Waals surface area contributed by atoms with Crippen LogP contribution in [0.15, 0.2) is 65.8 Å². The largest absolute Gasteiger partial charge is 0.496 e. The summed E-state index contributed by atoms with van der Waals surface area (Å²) >= 11 is 0. The molecular formula is C21H19FN4O3S. The lowest BCUT2D eigenvalue weighted by atomic mass is 10.0. The van der Waals surface area contributed by atoms with Crippen LogP contribution in [-0.2, 0) is 22.9 Å². The van der Waals surface area contributed by atoms with Gasteiger partial charge in [0.1, 0.15) is 17.9 Å². The number of halogens is 1. The molecule has 0 amide bonds. The van der Waals surface area contributed by atoms with E-state index in [2.05, 4.69) is 10.2 Å². The van der Waals surface area contributed by atoms with Crippen LogP contribution in [0.1, 0.15) is 11.3 Å². The summed E-state index contributed by atoms with van der Waals surface area (Å²) in [5, 5.41) is 13.4. The van der Waals surface area contributed by atoms with Gasteiger partial charge in [0.05, 0.1) is 12.0 Å². The summed E-state index contributed by atoms with van der Waals surface area (Å²) in [6, 6.07) is 14.8. The van der Waals surface area contributed by atoms with Crippen molar-refractivity contribution in [2.45, 2.75) is 17.7 Å². The van der Waals surface area contributed by atoms with E-state index in [1.165, 1.54) is 25.3 Å². The monoisotopic (exact) mass is 426 g/mol. The lowest BCUT2D eigenvalue weighted by Gasteiger charge is -2.12. The quantitative estimate of drug-likeness (QED) is 0.511. The number of primary sulfonamides is 1. The Kier molecular flexibility index (Phi) is 5.23. The predicted molar refractivity (Wildman–Crippen MR) is 110 cm³/mol. The van der Waals surface area contributed by atoms with E-state index in [1.807, 2.05) is 16.5 Å². The highest BCUT2D eigenvalue weighted by molar-refractivity contribution is 7.89. The Balaban J connectivity index is 1.67. The third-order valence-corrected chi connectivity index (χ3v) is 5.89. The fourth-order valence-corrected chi connectivity index (χ4v) is 3.96. The Morgan fingerprint density at radius 3 is 2.53 bits per heavy atom. The SMILES string of the molecule is COc1cccc(F)c1CCc1ccc(-c2ccc(S(N)(=O)=O)cc2)c2nncn12. The second-order valence-electron chi connectivity index (χ2n) is 6.75. The summed E-state index contributed by atoms with van der Waals surface area (Å²) in [6.45, 7) is 0. The Morgan fingerprint density at radius 2 is 1.83 bits per heavy atom. The van der Waals surface area contributed by atoms with Gasteiger partial charge >= 0.3 is 0 Å². The molecule has 2 heterocycles. The normalized spacial score (nSPS) is 11.7. The summed E-state index contributed by atoms with van der Waals surface area (Å²) < 4.78 is 44.3. The van der Waals surface area contributed by atoms with Gasteiger partial charge in [0.25, 0.3) is 0 Å². The van der Waals surface area contributed by atoms with Crippen molar-refractivity contribution >= 4 is 15.7 Å².